The van der Waals surface area contributed by atoms with Crippen LogP contribution in [-0.4, -0.2) is 47.6 Å². The second kappa shape index (κ2) is 8.07. The number of thiophene rings is 1. The number of aliphatic hydroxyl groups excluding tert-OH is 1. The maximum Gasteiger partial charge on any atom is 0.0930 e. The van der Waals surface area contributed by atoms with Crippen molar-refractivity contribution in [2.75, 3.05) is 32.7 Å². The van der Waals surface area contributed by atoms with Crippen LogP contribution >= 0.6 is 22.9 Å². The fourth-order valence-electron chi connectivity index (χ4n) is 3.58. The highest BCUT2D eigenvalue weighted by molar-refractivity contribution is 7.17. The molecule has 3 aromatic rings. The summed E-state index contributed by atoms with van der Waals surface area (Å²) in [6.07, 6.45) is -0.422. The molecule has 1 aromatic heterocycles. The van der Waals surface area contributed by atoms with Gasteiger partial charge in [0.15, 0.2) is 0 Å². The SMILES string of the molecule is OC(CN1CCN(Cc2ccc(Cl)cc2)CC1)c1csc2ccccc12. The van der Waals surface area contributed by atoms with Crippen LogP contribution in [0.4, 0.5) is 0 Å². The first-order valence-corrected chi connectivity index (χ1v) is 10.3. The molecule has 1 aliphatic heterocycles. The van der Waals surface area contributed by atoms with Crippen molar-refractivity contribution in [1.29, 1.82) is 0 Å². The molecule has 26 heavy (non-hydrogen) atoms. The Hall–Kier alpha value is -1.43. The molecule has 0 bridgehead atoms. The van der Waals surface area contributed by atoms with E-state index in [2.05, 4.69) is 45.5 Å². The lowest BCUT2D eigenvalue weighted by atomic mass is 10.1. The van der Waals surface area contributed by atoms with Gasteiger partial charge in [0, 0.05) is 54.6 Å². The maximum atomic E-state index is 10.7. The highest BCUT2D eigenvalue weighted by Gasteiger charge is 2.21. The third-order valence-electron chi connectivity index (χ3n) is 5.09. The molecular weight excluding hydrogens is 364 g/mol. The minimum absolute atomic E-state index is 0.422. The Labute approximate surface area is 163 Å². The lowest BCUT2D eigenvalue weighted by molar-refractivity contribution is 0.0709. The molecule has 4 rings (SSSR count). The van der Waals surface area contributed by atoms with E-state index in [0.29, 0.717) is 6.54 Å². The molecule has 0 amide bonds. The smallest absolute Gasteiger partial charge is 0.0930 e. The van der Waals surface area contributed by atoms with Gasteiger partial charge in [0.1, 0.15) is 0 Å². The van der Waals surface area contributed by atoms with E-state index in [9.17, 15) is 5.11 Å². The van der Waals surface area contributed by atoms with Gasteiger partial charge in [-0.15, -0.1) is 11.3 Å². The van der Waals surface area contributed by atoms with Gasteiger partial charge in [0.05, 0.1) is 6.10 Å². The van der Waals surface area contributed by atoms with Gasteiger partial charge in [-0.05, 0) is 34.5 Å². The first kappa shape index (κ1) is 18.0. The number of halogens is 1. The molecule has 0 saturated carbocycles. The van der Waals surface area contributed by atoms with E-state index in [1.165, 1.54) is 15.6 Å². The van der Waals surface area contributed by atoms with Crippen LogP contribution in [0.2, 0.25) is 5.02 Å². The normalized spacial score (nSPS) is 17.6. The lowest BCUT2D eigenvalue weighted by Crippen LogP contribution is -2.47. The molecule has 1 N–H and O–H groups in total. The minimum Gasteiger partial charge on any atom is -0.387 e. The third-order valence-corrected chi connectivity index (χ3v) is 6.32. The number of aliphatic hydroxyl groups is 1. The molecule has 2 heterocycles. The highest BCUT2D eigenvalue weighted by atomic mass is 35.5. The van der Waals surface area contributed by atoms with Crippen LogP contribution < -0.4 is 0 Å². The van der Waals surface area contributed by atoms with Crippen molar-refractivity contribution in [3.63, 3.8) is 0 Å². The average Bonchev–Trinajstić information content (AvgIpc) is 3.09. The van der Waals surface area contributed by atoms with Crippen LogP contribution in [-0.2, 0) is 6.54 Å². The molecule has 5 heteroatoms. The predicted octanol–water partition coefficient (Wildman–Crippen LogP) is 4.41. The van der Waals surface area contributed by atoms with E-state index in [1.807, 2.05) is 18.2 Å². The van der Waals surface area contributed by atoms with Crippen LogP contribution in [0.3, 0.4) is 0 Å². The van der Waals surface area contributed by atoms with E-state index in [4.69, 9.17) is 11.6 Å². The van der Waals surface area contributed by atoms with Crippen molar-refractivity contribution in [1.82, 2.24) is 9.80 Å². The van der Waals surface area contributed by atoms with E-state index in [0.717, 1.165) is 43.3 Å². The van der Waals surface area contributed by atoms with Crippen LogP contribution in [0.5, 0.6) is 0 Å². The van der Waals surface area contributed by atoms with Gasteiger partial charge >= 0.3 is 0 Å². The second-order valence-corrected chi connectivity index (χ2v) is 8.25. The number of nitrogens with zero attached hydrogens (tertiary/aromatic N) is 2. The predicted molar refractivity (Wildman–Crippen MR) is 110 cm³/mol. The number of piperazine rings is 1. The Balaban J connectivity index is 1.31. The third kappa shape index (κ3) is 4.11. The topological polar surface area (TPSA) is 26.7 Å². The van der Waals surface area contributed by atoms with Crippen molar-refractivity contribution in [3.05, 3.63) is 70.1 Å². The van der Waals surface area contributed by atoms with Gasteiger partial charge in [0.25, 0.3) is 0 Å². The zero-order valence-corrected chi connectivity index (χ0v) is 16.2. The van der Waals surface area contributed by atoms with Crippen LogP contribution in [0.25, 0.3) is 10.1 Å². The number of β-amino-alcohol motifs (C(OH)–C–C–N with tert-alkyl or cyclic N) is 1. The molecule has 1 atom stereocenters. The molecule has 136 valence electrons. The molecule has 0 radical (unpaired) electrons. The molecule has 1 saturated heterocycles. The molecule has 1 unspecified atom stereocenters. The van der Waals surface area contributed by atoms with Gasteiger partial charge in [0.2, 0.25) is 0 Å². The zero-order chi connectivity index (χ0) is 17.9. The molecule has 3 nitrogen and oxygen atoms in total. The van der Waals surface area contributed by atoms with Crippen molar-refractivity contribution >= 4 is 33.0 Å². The number of hydrogen-bond donors (Lipinski definition) is 1. The number of fused-ring (bicyclic) bond motifs is 1. The van der Waals surface area contributed by atoms with Crippen molar-refractivity contribution in [3.8, 4) is 0 Å². The minimum atomic E-state index is -0.422. The Bertz CT molecular complexity index is 856. The van der Waals surface area contributed by atoms with E-state index < -0.39 is 6.10 Å². The average molecular weight is 387 g/mol. The van der Waals surface area contributed by atoms with Gasteiger partial charge in [-0.25, -0.2) is 0 Å². The second-order valence-electron chi connectivity index (χ2n) is 6.91. The van der Waals surface area contributed by atoms with Crippen LogP contribution in [0.1, 0.15) is 17.2 Å². The molecular formula is C21H23ClN2OS. The number of benzene rings is 2. The van der Waals surface area contributed by atoms with Gasteiger partial charge < -0.3 is 5.11 Å². The van der Waals surface area contributed by atoms with Crippen LogP contribution in [0.15, 0.2) is 53.9 Å². The summed E-state index contributed by atoms with van der Waals surface area (Å²) in [5, 5.41) is 14.8. The molecule has 0 spiro atoms. The monoisotopic (exact) mass is 386 g/mol. The Morgan fingerprint density at radius 2 is 1.65 bits per heavy atom. The molecule has 1 aliphatic rings. The number of hydrogen-bond acceptors (Lipinski definition) is 4. The van der Waals surface area contributed by atoms with Crippen molar-refractivity contribution in [2.24, 2.45) is 0 Å². The first-order valence-electron chi connectivity index (χ1n) is 9.02. The molecule has 1 fully saturated rings. The van der Waals surface area contributed by atoms with Crippen LogP contribution in [0, 0.1) is 0 Å². The molecule has 2 aromatic carbocycles. The Kier molecular flexibility index (Phi) is 5.57. The summed E-state index contributed by atoms with van der Waals surface area (Å²) in [5.41, 5.74) is 2.36. The summed E-state index contributed by atoms with van der Waals surface area (Å²) < 4.78 is 1.24. The summed E-state index contributed by atoms with van der Waals surface area (Å²) in [4.78, 5) is 4.83. The van der Waals surface area contributed by atoms with Crippen molar-refractivity contribution < 1.29 is 5.11 Å². The first-order chi connectivity index (χ1) is 12.7. The Morgan fingerprint density at radius 3 is 2.42 bits per heavy atom. The summed E-state index contributed by atoms with van der Waals surface area (Å²) in [5.74, 6) is 0. The van der Waals surface area contributed by atoms with E-state index in [1.54, 1.807) is 11.3 Å². The fraction of sp³-hybridized carbons (Fsp3) is 0.333. The molecule has 0 aliphatic carbocycles. The van der Waals surface area contributed by atoms with E-state index >= 15 is 0 Å². The van der Waals surface area contributed by atoms with Gasteiger partial charge in [-0.3, -0.25) is 9.80 Å². The zero-order valence-electron chi connectivity index (χ0n) is 14.6. The summed E-state index contributed by atoms with van der Waals surface area (Å²) >= 11 is 7.67. The lowest BCUT2D eigenvalue weighted by Gasteiger charge is -2.35. The standard InChI is InChI=1S/C21H23ClN2OS/c22-17-7-5-16(6-8-17)13-23-9-11-24(12-10-23)14-20(25)19-15-26-21-4-2-1-3-18(19)21/h1-8,15,20,25H,9-14H2. The van der Waals surface area contributed by atoms with E-state index in [-0.39, 0.29) is 0 Å². The number of rotatable bonds is 5. The maximum absolute atomic E-state index is 10.7. The van der Waals surface area contributed by atoms with Crippen molar-refractivity contribution in [2.45, 2.75) is 12.6 Å². The highest BCUT2D eigenvalue weighted by Crippen LogP contribution is 2.30. The van der Waals surface area contributed by atoms with Gasteiger partial charge in [-0.2, -0.15) is 0 Å². The summed E-state index contributed by atoms with van der Waals surface area (Å²) in [6.45, 7) is 5.71. The fourth-order valence-corrected chi connectivity index (χ4v) is 4.71. The Morgan fingerprint density at radius 1 is 0.962 bits per heavy atom. The largest absolute Gasteiger partial charge is 0.387 e. The van der Waals surface area contributed by atoms with Gasteiger partial charge in [-0.1, -0.05) is 41.9 Å². The summed E-state index contributed by atoms with van der Waals surface area (Å²) in [6, 6.07) is 16.4. The summed E-state index contributed by atoms with van der Waals surface area (Å²) in [7, 11) is 0. The quantitative estimate of drug-likeness (QED) is 0.703.